The number of benzene rings is 1. The van der Waals surface area contributed by atoms with Gasteiger partial charge in [-0.1, -0.05) is 43.8 Å². The van der Waals surface area contributed by atoms with Crippen LogP contribution in [0.3, 0.4) is 0 Å². The average Bonchev–Trinajstić information content (AvgIpc) is 2.61. The third kappa shape index (κ3) is 8.20. The second-order valence-electron chi connectivity index (χ2n) is 5.91. The van der Waals surface area contributed by atoms with Gasteiger partial charge in [0.15, 0.2) is 0 Å². The highest BCUT2D eigenvalue weighted by molar-refractivity contribution is 5.27. The average molecular weight is 350 g/mol. The summed E-state index contributed by atoms with van der Waals surface area (Å²) in [5, 5.41) is 13.3. The van der Waals surface area contributed by atoms with Crippen LogP contribution in [0.4, 0.5) is 8.78 Å². The Hall–Kier alpha value is -1.82. The van der Waals surface area contributed by atoms with Gasteiger partial charge in [-0.15, -0.1) is 0 Å². The predicted octanol–water partition coefficient (Wildman–Crippen LogP) is 3.35. The van der Waals surface area contributed by atoms with Crippen molar-refractivity contribution in [2.75, 3.05) is 13.2 Å². The number of halogens is 2. The molecule has 0 unspecified atom stereocenters. The monoisotopic (exact) mass is 350 g/mol. The molecule has 3 nitrogen and oxygen atoms in total. The van der Waals surface area contributed by atoms with Crippen molar-refractivity contribution in [1.82, 2.24) is 5.32 Å². The van der Waals surface area contributed by atoms with Gasteiger partial charge in [0.25, 0.3) is 0 Å². The van der Waals surface area contributed by atoms with Crippen LogP contribution in [0.5, 0.6) is 0 Å². The van der Waals surface area contributed by atoms with Gasteiger partial charge >= 0.3 is 0 Å². The molecule has 0 aliphatic carbocycles. The summed E-state index contributed by atoms with van der Waals surface area (Å²) >= 11 is 0. The number of nitrogens with two attached hydrogens (primary N) is 1. The van der Waals surface area contributed by atoms with E-state index in [-0.39, 0.29) is 6.42 Å². The molecule has 25 heavy (non-hydrogen) atoms. The molecule has 138 valence electrons. The lowest BCUT2D eigenvalue weighted by molar-refractivity contribution is 0.141. The molecule has 1 rings (SSSR count). The van der Waals surface area contributed by atoms with Gasteiger partial charge in [-0.2, -0.15) is 0 Å². The van der Waals surface area contributed by atoms with Gasteiger partial charge in [0.2, 0.25) is 0 Å². The van der Waals surface area contributed by atoms with Crippen molar-refractivity contribution in [3.63, 3.8) is 0 Å². The van der Waals surface area contributed by atoms with Gasteiger partial charge in [-0.3, -0.25) is 0 Å². The van der Waals surface area contributed by atoms with Crippen molar-refractivity contribution in [3.05, 3.63) is 71.6 Å². The van der Waals surface area contributed by atoms with E-state index in [9.17, 15) is 13.9 Å². The molecule has 0 bridgehead atoms. The van der Waals surface area contributed by atoms with Crippen molar-refractivity contribution in [2.45, 2.75) is 38.5 Å². The highest BCUT2D eigenvalue weighted by atomic mass is 19.1. The summed E-state index contributed by atoms with van der Waals surface area (Å²) in [5.74, 6) is -0.673. The number of aliphatic hydroxyl groups is 1. The third-order valence-corrected chi connectivity index (χ3v) is 3.91. The van der Waals surface area contributed by atoms with Gasteiger partial charge in [0.05, 0.1) is 6.10 Å². The molecule has 0 radical (unpaired) electrons. The van der Waals surface area contributed by atoms with E-state index in [0.29, 0.717) is 18.7 Å². The van der Waals surface area contributed by atoms with Crippen LogP contribution in [0.2, 0.25) is 0 Å². The second-order valence-corrected chi connectivity index (χ2v) is 5.91. The van der Waals surface area contributed by atoms with E-state index in [2.05, 4.69) is 31.0 Å². The van der Waals surface area contributed by atoms with Gasteiger partial charge in [0.1, 0.15) is 12.5 Å². The zero-order valence-electron chi connectivity index (χ0n) is 14.7. The molecule has 0 saturated carbocycles. The van der Waals surface area contributed by atoms with Crippen LogP contribution in [0.25, 0.3) is 0 Å². The number of nitrogens with one attached hydrogen (secondary N) is 1. The molecule has 0 spiro atoms. The van der Waals surface area contributed by atoms with E-state index in [0.717, 1.165) is 18.1 Å². The molecular formula is C20H28F2N2O. The molecule has 1 aromatic carbocycles. The topological polar surface area (TPSA) is 58.3 Å². The van der Waals surface area contributed by atoms with E-state index < -0.39 is 24.6 Å². The molecule has 0 aliphatic rings. The SMILES string of the molecule is C=C/C(=C\C(F)=C/CF)C[C@H](N)[C@H](O)CNCc1cccc(CC)c1. The minimum atomic E-state index is -0.870. The fraction of sp³-hybridized carbons (Fsp3) is 0.400. The summed E-state index contributed by atoms with van der Waals surface area (Å²) in [5.41, 5.74) is 8.90. The first-order valence-corrected chi connectivity index (χ1v) is 8.47. The van der Waals surface area contributed by atoms with E-state index in [1.165, 1.54) is 17.7 Å². The summed E-state index contributed by atoms with van der Waals surface area (Å²) in [7, 11) is 0. The van der Waals surface area contributed by atoms with Gasteiger partial charge < -0.3 is 16.2 Å². The Morgan fingerprint density at radius 3 is 2.76 bits per heavy atom. The number of rotatable bonds is 11. The Morgan fingerprint density at radius 2 is 2.12 bits per heavy atom. The van der Waals surface area contributed by atoms with Crippen molar-refractivity contribution < 1.29 is 13.9 Å². The lowest BCUT2D eigenvalue weighted by Gasteiger charge is -2.20. The first kappa shape index (κ1) is 21.2. The quantitative estimate of drug-likeness (QED) is 0.537. The molecule has 2 atom stereocenters. The molecule has 0 saturated heterocycles. The zero-order valence-corrected chi connectivity index (χ0v) is 14.7. The molecule has 4 N–H and O–H groups in total. The summed E-state index contributed by atoms with van der Waals surface area (Å²) in [6.07, 6.45) is 3.92. The van der Waals surface area contributed by atoms with Crippen molar-refractivity contribution in [1.29, 1.82) is 0 Å². The van der Waals surface area contributed by atoms with E-state index in [1.807, 2.05) is 12.1 Å². The molecule has 1 aromatic rings. The lowest BCUT2D eigenvalue weighted by atomic mass is 10.0. The normalized spacial score (nSPS) is 15.1. The van der Waals surface area contributed by atoms with Gasteiger partial charge in [-0.25, -0.2) is 8.78 Å². The standard InChI is InChI=1S/C20H28F2N2O/c1-3-15-6-5-7-17(10-15)13-24-14-20(25)19(23)12-16(4-2)11-18(22)8-9-21/h4-8,10-11,19-20,24-25H,2-3,9,12-14,23H2,1H3/b16-11+,18-8+/t19-,20+/m0/s1. The minimum Gasteiger partial charge on any atom is -0.390 e. The molecule has 0 aromatic heterocycles. The van der Waals surface area contributed by atoms with Crippen molar-refractivity contribution in [3.8, 4) is 0 Å². The maximum absolute atomic E-state index is 13.3. The lowest BCUT2D eigenvalue weighted by Crippen LogP contribution is -2.41. The number of aryl methyl sites for hydroxylation is 1. The molecule has 0 amide bonds. The first-order chi connectivity index (χ1) is 12.0. The number of alkyl halides is 1. The van der Waals surface area contributed by atoms with Crippen molar-refractivity contribution in [2.24, 2.45) is 5.73 Å². The second kappa shape index (κ2) is 11.7. The molecule has 0 aliphatic heterocycles. The van der Waals surface area contributed by atoms with E-state index >= 15 is 0 Å². The summed E-state index contributed by atoms with van der Waals surface area (Å²) in [6.45, 7) is 5.79. The maximum Gasteiger partial charge on any atom is 0.122 e. The number of allylic oxidation sites excluding steroid dienone is 4. The number of hydrogen-bond acceptors (Lipinski definition) is 3. The number of hydrogen-bond donors (Lipinski definition) is 3. The highest BCUT2D eigenvalue weighted by Crippen LogP contribution is 2.13. The van der Waals surface area contributed by atoms with Crippen LogP contribution in [-0.4, -0.2) is 30.5 Å². The summed E-state index contributed by atoms with van der Waals surface area (Å²) < 4.78 is 25.4. The Kier molecular flexibility index (Phi) is 9.92. The largest absolute Gasteiger partial charge is 0.390 e. The fourth-order valence-corrected chi connectivity index (χ4v) is 2.39. The summed E-state index contributed by atoms with van der Waals surface area (Å²) in [6, 6.07) is 7.67. The number of aliphatic hydroxyl groups excluding tert-OH is 1. The molecule has 0 fully saturated rings. The molecular weight excluding hydrogens is 322 g/mol. The van der Waals surface area contributed by atoms with Crippen LogP contribution in [-0.2, 0) is 13.0 Å². The van der Waals surface area contributed by atoms with E-state index in [1.54, 1.807) is 0 Å². The van der Waals surface area contributed by atoms with E-state index in [4.69, 9.17) is 5.73 Å². The van der Waals surface area contributed by atoms with Crippen LogP contribution in [0.1, 0.15) is 24.5 Å². The fourth-order valence-electron chi connectivity index (χ4n) is 2.39. The first-order valence-electron chi connectivity index (χ1n) is 8.47. The zero-order chi connectivity index (χ0) is 18.7. The van der Waals surface area contributed by atoms with Gasteiger partial charge in [-0.05, 0) is 41.7 Å². The van der Waals surface area contributed by atoms with Gasteiger partial charge in [0, 0.05) is 19.1 Å². The van der Waals surface area contributed by atoms with Crippen LogP contribution in [0.15, 0.2) is 60.5 Å². The Balaban J connectivity index is 2.48. The summed E-state index contributed by atoms with van der Waals surface area (Å²) in [4.78, 5) is 0. The van der Waals surface area contributed by atoms with Crippen LogP contribution < -0.4 is 11.1 Å². The van der Waals surface area contributed by atoms with Crippen LogP contribution >= 0.6 is 0 Å². The maximum atomic E-state index is 13.3. The third-order valence-electron chi connectivity index (χ3n) is 3.91. The molecule has 0 heterocycles. The van der Waals surface area contributed by atoms with Crippen LogP contribution in [0, 0.1) is 0 Å². The predicted molar refractivity (Wildman–Crippen MR) is 99.6 cm³/mol. The minimum absolute atomic E-state index is 0.255. The Morgan fingerprint density at radius 1 is 1.40 bits per heavy atom. The Bertz CT molecular complexity index is 599. The Labute approximate surface area is 148 Å². The molecule has 5 heteroatoms. The van der Waals surface area contributed by atoms with Crippen molar-refractivity contribution >= 4 is 0 Å². The highest BCUT2D eigenvalue weighted by Gasteiger charge is 2.15. The smallest absolute Gasteiger partial charge is 0.122 e.